The standard InChI is InChI=1S/C12H23N3O2.ClH/c1-2-5-11(16)14-9-12(17)15-7-4-3-6-10(15)8-13;/h10H,2-9,13H2,1H3,(H,14,16);1H. The van der Waals surface area contributed by atoms with Crippen molar-refractivity contribution < 1.29 is 9.59 Å². The molecule has 1 rings (SSSR count). The van der Waals surface area contributed by atoms with Crippen molar-refractivity contribution in [2.24, 2.45) is 5.73 Å². The van der Waals surface area contributed by atoms with Crippen molar-refractivity contribution in [1.82, 2.24) is 10.2 Å². The van der Waals surface area contributed by atoms with Gasteiger partial charge in [0, 0.05) is 25.6 Å². The Labute approximate surface area is 115 Å². The third-order valence-electron chi connectivity index (χ3n) is 3.13. The maximum absolute atomic E-state index is 11.9. The summed E-state index contributed by atoms with van der Waals surface area (Å²) < 4.78 is 0. The Morgan fingerprint density at radius 1 is 1.39 bits per heavy atom. The second kappa shape index (κ2) is 9.16. The molecule has 1 heterocycles. The van der Waals surface area contributed by atoms with Gasteiger partial charge in [-0.3, -0.25) is 9.59 Å². The predicted octanol–water partition coefficient (Wildman–Crippen LogP) is 0.664. The fourth-order valence-corrected chi connectivity index (χ4v) is 2.17. The van der Waals surface area contributed by atoms with Crippen LogP contribution in [0.5, 0.6) is 0 Å². The second-order valence-electron chi connectivity index (χ2n) is 4.50. The van der Waals surface area contributed by atoms with Crippen LogP contribution in [0, 0.1) is 0 Å². The highest BCUT2D eigenvalue weighted by Gasteiger charge is 2.25. The number of carbonyl (C=O) groups is 2. The number of amides is 2. The number of nitrogens with zero attached hydrogens (tertiary/aromatic N) is 1. The van der Waals surface area contributed by atoms with E-state index in [9.17, 15) is 9.59 Å². The molecular weight excluding hydrogens is 254 g/mol. The van der Waals surface area contributed by atoms with Crippen LogP contribution in [0.15, 0.2) is 0 Å². The fraction of sp³-hybridized carbons (Fsp3) is 0.833. The van der Waals surface area contributed by atoms with Gasteiger partial charge >= 0.3 is 0 Å². The summed E-state index contributed by atoms with van der Waals surface area (Å²) in [6.07, 6.45) is 4.42. The van der Waals surface area contributed by atoms with Crippen LogP contribution in [0.3, 0.4) is 0 Å². The zero-order valence-electron chi connectivity index (χ0n) is 11.0. The number of hydrogen-bond acceptors (Lipinski definition) is 3. The number of carbonyl (C=O) groups excluding carboxylic acids is 2. The molecule has 1 aliphatic heterocycles. The van der Waals surface area contributed by atoms with Gasteiger partial charge in [0.2, 0.25) is 11.8 Å². The first kappa shape index (κ1) is 17.2. The van der Waals surface area contributed by atoms with Crippen LogP contribution in [0.1, 0.15) is 39.0 Å². The Balaban J connectivity index is 0.00000289. The molecule has 1 aliphatic rings. The molecule has 18 heavy (non-hydrogen) atoms. The number of halogens is 1. The van der Waals surface area contributed by atoms with Crippen molar-refractivity contribution >= 4 is 24.2 Å². The molecule has 0 saturated carbocycles. The molecule has 0 radical (unpaired) electrons. The van der Waals surface area contributed by atoms with Crippen LogP contribution >= 0.6 is 12.4 Å². The average Bonchev–Trinajstić information content (AvgIpc) is 2.36. The van der Waals surface area contributed by atoms with Gasteiger partial charge in [0.15, 0.2) is 0 Å². The van der Waals surface area contributed by atoms with Gasteiger partial charge in [0.1, 0.15) is 0 Å². The van der Waals surface area contributed by atoms with E-state index in [1.165, 1.54) is 0 Å². The summed E-state index contributed by atoms with van der Waals surface area (Å²) in [5, 5.41) is 2.65. The third kappa shape index (κ3) is 5.23. The van der Waals surface area contributed by atoms with Gasteiger partial charge in [-0.25, -0.2) is 0 Å². The normalized spacial score (nSPS) is 19.0. The minimum absolute atomic E-state index is 0. The molecular formula is C12H24ClN3O2. The van der Waals surface area contributed by atoms with E-state index in [4.69, 9.17) is 5.73 Å². The number of likely N-dealkylation sites (tertiary alicyclic amines) is 1. The summed E-state index contributed by atoms with van der Waals surface area (Å²) in [6.45, 7) is 3.32. The van der Waals surface area contributed by atoms with Crippen LogP contribution in [-0.2, 0) is 9.59 Å². The Bertz CT molecular complexity index is 274. The zero-order chi connectivity index (χ0) is 12.7. The second-order valence-corrected chi connectivity index (χ2v) is 4.50. The highest BCUT2D eigenvalue weighted by molar-refractivity contribution is 5.85. The van der Waals surface area contributed by atoms with Crippen molar-refractivity contribution in [2.75, 3.05) is 19.6 Å². The van der Waals surface area contributed by atoms with Crippen molar-refractivity contribution in [2.45, 2.75) is 45.1 Å². The Kier molecular flexibility index (Phi) is 8.75. The first-order valence-electron chi connectivity index (χ1n) is 6.45. The Morgan fingerprint density at radius 2 is 2.11 bits per heavy atom. The molecule has 0 bridgehead atoms. The number of nitrogens with one attached hydrogen (secondary N) is 1. The van der Waals surface area contributed by atoms with Crippen LogP contribution in [0.4, 0.5) is 0 Å². The maximum Gasteiger partial charge on any atom is 0.242 e. The van der Waals surface area contributed by atoms with E-state index >= 15 is 0 Å². The summed E-state index contributed by atoms with van der Waals surface area (Å²) in [5.41, 5.74) is 5.65. The van der Waals surface area contributed by atoms with Crippen LogP contribution < -0.4 is 11.1 Å². The van der Waals surface area contributed by atoms with Crippen molar-refractivity contribution in [3.8, 4) is 0 Å². The smallest absolute Gasteiger partial charge is 0.242 e. The SMILES string of the molecule is CCCC(=O)NCC(=O)N1CCCCC1CN.Cl. The van der Waals surface area contributed by atoms with Gasteiger partial charge in [0.25, 0.3) is 0 Å². The van der Waals surface area contributed by atoms with E-state index in [1.54, 1.807) is 0 Å². The first-order valence-corrected chi connectivity index (χ1v) is 6.45. The minimum Gasteiger partial charge on any atom is -0.347 e. The van der Waals surface area contributed by atoms with Crippen LogP contribution in [0.25, 0.3) is 0 Å². The van der Waals surface area contributed by atoms with E-state index < -0.39 is 0 Å². The molecule has 0 aromatic heterocycles. The van der Waals surface area contributed by atoms with Crippen LogP contribution in [-0.4, -0.2) is 42.4 Å². The average molecular weight is 278 g/mol. The largest absolute Gasteiger partial charge is 0.347 e. The number of rotatable bonds is 5. The van der Waals surface area contributed by atoms with Gasteiger partial charge in [0.05, 0.1) is 6.54 Å². The van der Waals surface area contributed by atoms with E-state index in [0.717, 1.165) is 32.2 Å². The molecule has 1 saturated heterocycles. The first-order chi connectivity index (χ1) is 8.19. The molecule has 6 heteroatoms. The minimum atomic E-state index is -0.0536. The number of hydrogen-bond donors (Lipinski definition) is 2. The topological polar surface area (TPSA) is 75.4 Å². The monoisotopic (exact) mass is 277 g/mol. The molecule has 106 valence electrons. The molecule has 2 amide bonds. The Hall–Kier alpha value is -0.810. The summed E-state index contributed by atoms with van der Waals surface area (Å²) in [4.78, 5) is 25.0. The molecule has 5 nitrogen and oxygen atoms in total. The maximum atomic E-state index is 11.9. The Morgan fingerprint density at radius 3 is 2.72 bits per heavy atom. The molecule has 3 N–H and O–H groups in total. The van der Waals surface area contributed by atoms with Crippen molar-refractivity contribution in [3.05, 3.63) is 0 Å². The fourth-order valence-electron chi connectivity index (χ4n) is 2.17. The predicted molar refractivity (Wildman–Crippen MR) is 73.6 cm³/mol. The highest BCUT2D eigenvalue weighted by Crippen LogP contribution is 2.15. The lowest BCUT2D eigenvalue weighted by Crippen LogP contribution is -2.50. The van der Waals surface area contributed by atoms with Gasteiger partial charge in [-0.2, -0.15) is 0 Å². The lowest BCUT2D eigenvalue weighted by atomic mass is 10.0. The van der Waals surface area contributed by atoms with E-state index in [0.29, 0.717) is 13.0 Å². The quantitative estimate of drug-likeness (QED) is 0.775. The summed E-state index contributed by atoms with van der Waals surface area (Å²) in [7, 11) is 0. The summed E-state index contributed by atoms with van der Waals surface area (Å²) in [5.74, 6) is -0.0632. The molecule has 0 spiro atoms. The van der Waals surface area contributed by atoms with Crippen molar-refractivity contribution in [1.29, 1.82) is 0 Å². The molecule has 0 aliphatic carbocycles. The summed E-state index contributed by atoms with van der Waals surface area (Å²) in [6, 6.07) is 0.152. The van der Waals surface area contributed by atoms with Gasteiger partial charge in [-0.15, -0.1) is 12.4 Å². The molecule has 0 aromatic rings. The molecule has 0 aromatic carbocycles. The van der Waals surface area contributed by atoms with E-state index in [2.05, 4.69) is 5.32 Å². The van der Waals surface area contributed by atoms with E-state index in [-0.39, 0.29) is 36.8 Å². The number of nitrogens with two attached hydrogens (primary N) is 1. The van der Waals surface area contributed by atoms with E-state index in [1.807, 2.05) is 11.8 Å². The van der Waals surface area contributed by atoms with Gasteiger partial charge < -0.3 is 16.0 Å². The van der Waals surface area contributed by atoms with Gasteiger partial charge in [-0.05, 0) is 25.7 Å². The number of piperidine rings is 1. The lowest BCUT2D eigenvalue weighted by molar-refractivity contribution is -0.135. The molecule has 1 fully saturated rings. The third-order valence-corrected chi connectivity index (χ3v) is 3.13. The van der Waals surface area contributed by atoms with Crippen molar-refractivity contribution in [3.63, 3.8) is 0 Å². The van der Waals surface area contributed by atoms with Crippen LogP contribution in [0.2, 0.25) is 0 Å². The van der Waals surface area contributed by atoms with Gasteiger partial charge in [-0.1, -0.05) is 6.92 Å². The highest BCUT2D eigenvalue weighted by atomic mass is 35.5. The molecule has 1 unspecified atom stereocenters. The zero-order valence-corrected chi connectivity index (χ0v) is 11.8. The molecule has 1 atom stereocenters. The summed E-state index contributed by atoms with van der Waals surface area (Å²) >= 11 is 0. The lowest BCUT2D eigenvalue weighted by Gasteiger charge is -2.35.